The molecule has 0 spiro atoms. The van der Waals surface area contributed by atoms with Gasteiger partial charge in [0.25, 0.3) is 0 Å². The molecule has 1 fully saturated rings. The molecule has 0 bridgehead atoms. The maximum Gasteiger partial charge on any atom is 0.230 e. The van der Waals surface area contributed by atoms with E-state index in [4.69, 9.17) is 0 Å². The first-order valence-electron chi connectivity index (χ1n) is 9.46. The fourth-order valence-electron chi connectivity index (χ4n) is 3.95. The molecule has 27 heavy (non-hydrogen) atoms. The van der Waals surface area contributed by atoms with E-state index in [9.17, 15) is 4.79 Å². The lowest BCUT2D eigenvalue weighted by Gasteiger charge is -2.31. The van der Waals surface area contributed by atoms with Crippen LogP contribution in [0.2, 0.25) is 0 Å². The molecule has 1 saturated carbocycles. The van der Waals surface area contributed by atoms with Crippen LogP contribution in [0.15, 0.2) is 4.99 Å². The highest BCUT2D eigenvalue weighted by Gasteiger charge is 2.42. The Labute approximate surface area is 180 Å². The van der Waals surface area contributed by atoms with E-state index in [-0.39, 0.29) is 35.3 Å². The zero-order valence-electron chi connectivity index (χ0n) is 17.6. The Kier molecular flexibility index (Phi) is 9.04. The van der Waals surface area contributed by atoms with E-state index < -0.39 is 0 Å². The van der Waals surface area contributed by atoms with Gasteiger partial charge in [0, 0.05) is 47.0 Å². The van der Waals surface area contributed by atoms with Crippen molar-refractivity contribution in [1.29, 1.82) is 0 Å². The summed E-state index contributed by atoms with van der Waals surface area (Å²) in [6.45, 7) is 5.56. The quantitative estimate of drug-likeness (QED) is 0.364. The molecule has 0 aromatic carbocycles. The van der Waals surface area contributed by atoms with E-state index in [1.165, 1.54) is 11.3 Å². The number of hydrogen-bond acceptors (Lipinski definition) is 3. The molecule has 0 radical (unpaired) electrons. The number of halogens is 1. The van der Waals surface area contributed by atoms with Crippen molar-refractivity contribution in [2.45, 2.75) is 46.0 Å². The van der Waals surface area contributed by atoms with Crippen molar-refractivity contribution in [3.05, 3.63) is 17.0 Å². The second kappa shape index (κ2) is 10.3. The third kappa shape index (κ3) is 5.58. The second-order valence-corrected chi connectivity index (χ2v) is 7.56. The minimum absolute atomic E-state index is 0. The summed E-state index contributed by atoms with van der Waals surface area (Å²) in [5.41, 5.74) is 3.27. The molecule has 8 heteroatoms. The van der Waals surface area contributed by atoms with Crippen molar-refractivity contribution in [2.75, 3.05) is 34.2 Å². The highest BCUT2D eigenvalue weighted by molar-refractivity contribution is 14.0. The smallest absolute Gasteiger partial charge is 0.230 e. The summed E-state index contributed by atoms with van der Waals surface area (Å²) >= 11 is 0. The molecule has 2 N–H and O–H groups in total. The predicted octanol–water partition coefficient (Wildman–Crippen LogP) is 2.01. The molecule has 0 unspecified atom stereocenters. The third-order valence-corrected chi connectivity index (χ3v) is 5.56. The largest absolute Gasteiger partial charge is 0.356 e. The predicted molar refractivity (Wildman–Crippen MR) is 121 cm³/mol. The summed E-state index contributed by atoms with van der Waals surface area (Å²) in [5, 5.41) is 11.2. The van der Waals surface area contributed by atoms with Gasteiger partial charge in [-0.25, -0.2) is 0 Å². The maximum absolute atomic E-state index is 12.7. The standard InChI is InChI=1S/C19H34N6O.HI/c1-14-16(15(2)25(6)23-14)9-12-21-18(20-3)22-13-19(10-7-8-11-19)17(26)24(4)5;/h7-13H2,1-6H3,(H2,20,21,22);1H. The number of aryl methyl sites for hydroxylation is 2. The first-order chi connectivity index (χ1) is 12.3. The highest BCUT2D eigenvalue weighted by atomic mass is 127. The molecule has 0 aliphatic heterocycles. The molecule has 1 aromatic rings. The molecule has 2 rings (SSSR count). The minimum atomic E-state index is -0.294. The normalized spacial score (nSPS) is 16.0. The molecule has 0 atom stereocenters. The van der Waals surface area contributed by atoms with E-state index in [2.05, 4.69) is 27.6 Å². The Bertz CT molecular complexity index is 661. The van der Waals surface area contributed by atoms with Gasteiger partial charge in [-0.3, -0.25) is 14.5 Å². The van der Waals surface area contributed by atoms with Crippen molar-refractivity contribution in [3.63, 3.8) is 0 Å². The molecule has 1 aliphatic carbocycles. The number of hydrogen-bond donors (Lipinski definition) is 2. The van der Waals surface area contributed by atoms with Crippen molar-refractivity contribution < 1.29 is 4.79 Å². The summed E-state index contributed by atoms with van der Waals surface area (Å²) in [6.07, 6.45) is 5.03. The molecule has 7 nitrogen and oxygen atoms in total. The van der Waals surface area contributed by atoms with E-state index in [0.717, 1.165) is 50.3 Å². The van der Waals surface area contributed by atoms with Crippen molar-refractivity contribution in [1.82, 2.24) is 25.3 Å². The molecule has 1 heterocycles. The van der Waals surface area contributed by atoms with Gasteiger partial charge in [0.15, 0.2) is 5.96 Å². The topological polar surface area (TPSA) is 74.5 Å². The first kappa shape index (κ1) is 23.7. The summed E-state index contributed by atoms with van der Waals surface area (Å²) in [5.74, 6) is 0.974. The Balaban J connectivity index is 0.00000364. The van der Waals surface area contributed by atoms with E-state index in [0.29, 0.717) is 6.54 Å². The second-order valence-electron chi connectivity index (χ2n) is 7.56. The van der Waals surface area contributed by atoms with E-state index in [1.807, 2.05) is 32.7 Å². The van der Waals surface area contributed by atoms with Crippen LogP contribution >= 0.6 is 24.0 Å². The van der Waals surface area contributed by atoms with Crippen LogP contribution in [-0.2, 0) is 18.3 Å². The van der Waals surface area contributed by atoms with Crippen LogP contribution in [-0.4, -0.2) is 60.8 Å². The van der Waals surface area contributed by atoms with Gasteiger partial charge in [0.2, 0.25) is 5.91 Å². The minimum Gasteiger partial charge on any atom is -0.356 e. The molecule has 0 saturated heterocycles. The van der Waals surface area contributed by atoms with Crippen LogP contribution in [0.3, 0.4) is 0 Å². The monoisotopic (exact) mass is 490 g/mol. The lowest BCUT2D eigenvalue weighted by Crippen LogP contribution is -2.49. The van der Waals surface area contributed by atoms with Gasteiger partial charge < -0.3 is 15.5 Å². The van der Waals surface area contributed by atoms with Gasteiger partial charge in [0.05, 0.1) is 11.1 Å². The number of amides is 1. The third-order valence-electron chi connectivity index (χ3n) is 5.56. The number of rotatable bonds is 6. The maximum atomic E-state index is 12.7. The zero-order chi connectivity index (χ0) is 19.3. The number of aromatic nitrogens is 2. The highest BCUT2D eigenvalue weighted by Crippen LogP contribution is 2.38. The summed E-state index contributed by atoms with van der Waals surface area (Å²) in [6, 6.07) is 0. The van der Waals surface area contributed by atoms with Crippen LogP contribution in [0.5, 0.6) is 0 Å². The van der Waals surface area contributed by atoms with Crippen LogP contribution in [0, 0.1) is 19.3 Å². The average molecular weight is 490 g/mol. The first-order valence-corrected chi connectivity index (χ1v) is 9.46. The lowest BCUT2D eigenvalue weighted by atomic mass is 9.84. The van der Waals surface area contributed by atoms with Gasteiger partial charge in [-0.2, -0.15) is 5.10 Å². The Morgan fingerprint density at radius 1 is 1.26 bits per heavy atom. The number of nitrogens with zero attached hydrogens (tertiary/aromatic N) is 4. The number of nitrogens with one attached hydrogen (secondary N) is 2. The molecular formula is C19H35IN6O. The SMILES string of the molecule is CN=C(NCCc1c(C)nn(C)c1C)NCC1(C(=O)N(C)C)CCCC1.I. The van der Waals surface area contributed by atoms with E-state index >= 15 is 0 Å². The van der Waals surface area contributed by atoms with Crippen LogP contribution in [0.25, 0.3) is 0 Å². The molecule has 154 valence electrons. The lowest BCUT2D eigenvalue weighted by molar-refractivity contribution is -0.138. The molecule has 1 aliphatic rings. The van der Waals surface area contributed by atoms with Crippen molar-refractivity contribution >= 4 is 35.8 Å². The molecular weight excluding hydrogens is 455 g/mol. The number of guanidine groups is 1. The summed E-state index contributed by atoms with van der Waals surface area (Å²) in [7, 11) is 7.43. The molecule has 1 amide bonds. The zero-order valence-corrected chi connectivity index (χ0v) is 19.9. The fraction of sp³-hybridized carbons (Fsp3) is 0.737. The van der Waals surface area contributed by atoms with Crippen molar-refractivity contribution in [2.24, 2.45) is 17.5 Å². The number of carbonyl (C=O) groups is 1. The van der Waals surface area contributed by atoms with Gasteiger partial charge in [-0.1, -0.05) is 12.8 Å². The number of carbonyl (C=O) groups excluding carboxylic acids is 1. The van der Waals surface area contributed by atoms with E-state index in [1.54, 1.807) is 11.9 Å². The average Bonchev–Trinajstić information content (AvgIpc) is 3.17. The molecule has 1 aromatic heterocycles. The van der Waals surface area contributed by atoms with Gasteiger partial charge in [0.1, 0.15) is 0 Å². The van der Waals surface area contributed by atoms with Crippen LogP contribution < -0.4 is 10.6 Å². The summed E-state index contributed by atoms with van der Waals surface area (Å²) in [4.78, 5) is 18.7. The Hall–Kier alpha value is -1.32. The summed E-state index contributed by atoms with van der Waals surface area (Å²) < 4.78 is 1.93. The van der Waals surface area contributed by atoms with Crippen LogP contribution in [0.1, 0.15) is 42.6 Å². The Morgan fingerprint density at radius 3 is 2.37 bits per heavy atom. The van der Waals surface area contributed by atoms with Gasteiger partial charge >= 0.3 is 0 Å². The Morgan fingerprint density at radius 2 is 1.89 bits per heavy atom. The fourth-order valence-corrected chi connectivity index (χ4v) is 3.95. The van der Waals surface area contributed by atoms with Gasteiger partial charge in [-0.15, -0.1) is 24.0 Å². The van der Waals surface area contributed by atoms with Crippen molar-refractivity contribution in [3.8, 4) is 0 Å². The van der Waals surface area contributed by atoms with Gasteiger partial charge in [-0.05, 0) is 38.7 Å². The number of aliphatic imine (C=N–C) groups is 1. The van der Waals surface area contributed by atoms with Crippen LogP contribution in [0.4, 0.5) is 0 Å².